The smallest absolute Gasteiger partial charge is 0.414 e. The summed E-state index contributed by atoms with van der Waals surface area (Å²) in [6.07, 6.45) is 0. The number of aryl methyl sites for hydroxylation is 2. The van der Waals surface area contributed by atoms with Gasteiger partial charge in [-0.1, -0.05) is 17.7 Å². The Morgan fingerprint density at radius 3 is 2.18 bits per heavy atom. The average Bonchev–Trinajstić information content (AvgIpc) is 2.61. The summed E-state index contributed by atoms with van der Waals surface area (Å²) in [5, 5.41) is 15.5. The van der Waals surface area contributed by atoms with Gasteiger partial charge in [0.15, 0.2) is 0 Å². The number of halogens is 1. The SMILES string of the molecule is Cc1cc(C)c(OCCOCCN2CCN(C)CC2)c(Cl)c1.O=C(O)C(=O)O. The molecule has 1 aromatic carbocycles. The molecule has 158 valence electrons. The van der Waals surface area contributed by atoms with Gasteiger partial charge in [-0.25, -0.2) is 9.59 Å². The average molecular weight is 417 g/mol. The Kier molecular flexibility index (Phi) is 10.8. The van der Waals surface area contributed by atoms with Crippen molar-refractivity contribution in [2.45, 2.75) is 13.8 Å². The molecule has 0 bridgehead atoms. The Balaban J connectivity index is 0.000000568. The van der Waals surface area contributed by atoms with E-state index < -0.39 is 11.9 Å². The van der Waals surface area contributed by atoms with Crippen molar-refractivity contribution in [2.24, 2.45) is 0 Å². The lowest BCUT2D eigenvalue weighted by Gasteiger charge is -2.32. The predicted molar refractivity (Wildman–Crippen MR) is 106 cm³/mol. The van der Waals surface area contributed by atoms with Gasteiger partial charge < -0.3 is 24.6 Å². The monoisotopic (exact) mass is 416 g/mol. The largest absolute Gasteiger partial charge is 0.489 e. The number of benzene rings is 1. The number of carboxylic acid groups (broad SMARTS) is 2. The minimum absolute atomic E-state index is 0.534. The van der Waals surface area contributed by atoms with Crippen LogP contribution in [0.4, 0.5) is 0 Å². The van der Waals surface area contributed by atoms with Crippen LogP contribution in [0.5, 0.6) is 5.75 Å². The summed E-state index contributed by atoms with van der Waals surface area (Å²) in [5.41, 5.74) is 2.22. The number of aliphatic carboxylic acids is 2. The fourth-order valence-electron chi connectivity index (χ4n) is 2.66. The molecule has 0 unspecified atom stereocenters. The standard InChI is InChI=1S/C17H27ClN2O2.C2H2O4/c1-14-12-15(2)17(16(18)13-14)22-11-10-21-9-8-20-6-4-19(3)5-7-20;3-1(4)2(5)6/h12-13H,4-11H2,1-3H3;(H,3,4)(H,5,6). The zero-order valence-electron chi connectivity index (χ0n) is 16.6. The molecule has 2 rings (SSSR count). The zero-order valence-corrected chi connectivity index (χ0v) is 17.4. The third kappa shape index (κ3) is 9.36. The number of rotatable bonds is 7. The molecule has 1 heterocycles. The van der Waals surface area contributed by atoms with Gasteiger partial charge in [0.25, 0.3) is 0 Å². The second-order valence-electron chi connectivity index (χ2n) is 6.61. The van der Waals surface area contributed by atoms with Gasteiger partial charge in [0.1, 0.15) is 12.4 Å². The van der Waals surface area contributed by atoms with E-state index in [1.807, 2.05) is 19.9 Å². The molecular weight excluding hydrogens is 388 g/mol. The molecular formula is C19H29ClN2O6. The van der Waals surface area contributed by atoms with Gasteiger partial charge in [0.2, 0.25) is 0 Å². The summed E-state index contributed by atoms with van der Waals surface area (Å²) in [4.78, 5) is 23.0. The van der Waals surface area contributed by atoms with Crippen molar-refractivity contribution in [3.63, 3.8) is 0 Å². The van der Waals surface area contributed by atoms with E-state index in [2.05, 4.69) is 22.9 Å². The van der Waals surface area contributed by atoms with E-state index in [-0.39, 0.29) is 0 Å². The van der Waals surface area contributed by atoms with Crippen LogP contribution in [0.3, 0.4) is 0 Å². The van der Waals surface area contributed by atoms with Gasteiger partial charge in [-0.15, -0.1) is 0 Å². The van der Waals surface area contributed by atoms with Gasteiger partial charge in [-0.2, -0.15) is 0 Å². The lowest BCUT2D eigenvalue weighted by atomic mass is 10.1. The van der Waals surface area contributed by atoms with Crippen molar-refractivity contribution >= 4 is 23.5 Å². The molecule has 1 aromatic rings. The highest BCUT2D eigenvalue weighted by Crippen LogP contribution is 2.29. The van der Waals surface area contributed by atoms with E-state index in [1.165, 1.54) is 0 Å². The molecule has 0 atom stereocenters. The van der Waals surface area contributed by atoms with E-state index in [0.29, 0.717) is 18.2 Å². The third-order valence-electron chi connectivity index (χ3n) is 4.18. The topological polar surface area (TPSA) is 99.5 Å². The summed E-state index contributed by atoms with van der Waals surface area (Å²) in [5.74, 6) is -2.88. The van der Waals surface area contributed by atoms with Gasteiger partial charge in [-0.05, 0) is 38.1 Å². The van der Waals surface area contributed by atoms with Crippen molar-refractivity contribution in [1.82, 2.24) is 9.80 Å². The summed E-state index contributed by atoms with van der Waals surface area (Å²) in [6.45, 7) is 11.5. The first kappa shape index (κ1) is 24.2. The van der Waals surface area contributed by atoms with Crippen LogP contribution >= 0.6 is 11.6 Å². The molecule has 0 saturated carbocycles. The summed E-state index contributed by atoms with van der Waals surface area (Å²) in [6, 6.07) is 4.01. The number of hydrogen-bond donors (Lipinski definition) is 2. The number of carboxylic acids is 2. The van der Waals surface area contributed by atoms with E-state index in [9.17, 15) is 0 Å². The number of hydrogen-bond acceptors (Lipinski definition) is 6. The van der Waals surface area contributed by atoms with Crippen LogP contribution in [0.2, 0.25) is 5.02 Å². The van der Waals surface area contributed by atoms with Gasteiger partial charge in [0, 0.05) is 32.7 Å². The number of nitrogens with zero attached hydrogens (tertiary/aromatic N) is 2. The molecule has 0 amide bonds. The normalized spacial score (nSPS) is 14.9. The maximum atomic E-state index is 9.10. The second kappa shape index (κ2) is 12.6. The van der Waals surface area contributed by atoms with Crippen LogP contribution < -0.4 is 4.74 Å². The molecule has 1 aliphatic heterocycles. The molecule has 28 heavy (non-hydrogen) atoms. The fourth-order valence-corrected chi connectivity index (χ4v) is 3.03. The second-order valence-corrected chi connectivity index (χ2v) is 7.02. The number of piperazine rings is 1. The van der Waals surface area contributed by atoms with Crippen molar-refractivity contribution in [3.05, 3.63) is 28.3 Å². The van der Waals surface area contributed by atoms with Crippen molar-refractivity contribution in [3.8, 4) is 5.75 Å². The first-order valence-electron chi connectivity index (χ1n) is 9.05. The molecule has 1 aliphatic rings. The van der Waals surface area contributed by atoms with Crippen LogP contribution in [0, 0.1) is 13.8 Å². The third-order valence-corrected chi connectivity index (χ3v) is 4.46. The highest BCUT2D eigenvalue weighted by atomic mass is 35.5. The van der Waals surface area contributed by atoms with Crippen LogP contribution in [0.15, 0.2) is 12.1 Å². The summed E-state index contributed by atoms with van der Waals surface area (Å²) >= 11 is 6.21. The number of carbonyl (C=O) groups is 2. The van der Waals surface area contributed by atoms with E-state index in [1.54, 1.807) is 0 Å². The fraction of sp³-hybridized carbons (Fsp3) is 0.579. The lowest BCUT2D eigenvalue weighted by molar-refractivity contribution is -0.159. The Bertz CT molecular complexity index is 612. The molecule has 1 fully saturated rings. The Morgan fingerprint density at radius 1 is 1.04 bits per heavy atom. The first-order chi connectivity index (χ1) is 13.2. The first-order valence-corrected chi connectivity index (χ1v) is 9.43. The van der Waals surface area contributed by atoms with Gasteiger partial charge >= 0.3 is 11.9 Å². The highest BCUT2D eigenvalue weighted by Gasteiger charge is 2.13. The van der Waals surface area contributed by atoms with Gasteiger partial charge in [0.05, 0.1) is 18.2 Å². The maximum Gasteiger partial charge on any atom is 0.414 e. The molecule has 0 radical (unpaired) electrons. The van der Waals surface area contributed by atoms with Gasteiger partial charge in [-0.3, -0.25) is 4.90 Å². The molecule has 1 saturated heterocycles. The van der Waals surface area contributed by atoms with E-state index in [4.69, 9.17) is 40.9 Å². The zero-order chi connectivity index (χ0) is 21.1. The Labute approximate surface area is 170 Å². The van der Waals surface area contributed by atoms with Crippen LogP contribution in [-0.4, -0.2) is 91.5 Å². The van der Waals surface area contributed by atoms with Crippen molar-refractivity contribution in [2.75, 3.05) is 59.6 Å². The predicted octanol–water partition coefficient (Wildman–Crippen LogP) is 1.76. The Morgan fingerprint density at radius 2 is 1.64 bits per heavy atom. The lowest BCUT2D eigenvalue weighted by Crippen LogP contribution is -2.45. The quantitative estimate of drug-likeness (QED) is 0.512. The molecule has 0 spiro atoms. The molecule has 8 nitrogen and oxygen atoms in total. The highest BCUT2D eigenvalue weighted by molar-refractivity contribution is 6.32. The van der Waals surface area contributed by atoms with E-state index in [0.717, 1.165) is 56.2 Å². The van der Waals surface area contributed by atoms with Crippen LogP contribution in [-0.2, 0) is 14.3 Å². The molecule has 0 aliphatic carbocycles. The van der Waals surface area contributed by atoms with Crippen molar-refractivity contribution in [1.29, 1.82) is 0 Å². The van der Waals surface area contributed by atoms with E-state index >= 15 is 0 Å². The molecule has 9 heteroatoms. The number of likely N-dealkylation sites (N-methyl/N-ethyl adjacent to an activating group) is 1. The Hall–Kier alpha value is -1.87. The summed E-state index contributed by atoms with van der Waals surface area (Å²) in [7, 11) is 2.17. The molecule has 0 aromatic heterocycles. The van der Waals surface area contributed by atoms with Crippen LogP contribution in [0.25, 0.3) is 0 Å². The van der Waals surface area contributed by atoms with Crippen LogP contribution in [0.1, 0.15) is 11.1 Å². The minimum atomic E-state index is -1.82. The van der Waals surface area contributed by atoms with Crippen molar-refractivity contribution < 1.29 is 29.3 Å². The number of ether oxygens (including phenoxy) is 2. The summed E-state index contributed by atoms with van der Waals surface area (Å²) < 4.78 is 11.4. The maximum absolute atomic E-state index is 9.10. The minimum Gasteiger partial charge on any atom is -0.489 e. The molecule has 2 N–H and O–H groups in total.